The lowest BCUT2D eigenvalue weighted by Gasteiger charge is -2.04. The van der Waals surface area contributed by atoms with Gasteiger partial charge in [-0.2, -0.15) is 0 Å². The first-order chi connectivity index (χ1) is 9.89. The summed E-state index contributed by atoms with van der Waals surface area (Å²) in [5, 5.41) is 0. The summed E-state index contributed by atoms with van der Waals surface area (Å²) in [5.74, 6) is -0.0347. The van der Waals surface area contributed by atoms with Gasteiger partial charge in [-0.3, -0.25) is 4.79 Å². The van der Waals surface area contributed by atoms with Gasteiger partial charge in [-0.25, -0.2) is 0 Å². The van der Waals surface area contributed by atoms with Gasteiger partial charge < -0.3 is 4.74 Å². The second kappa shape index (κ2) is 13.2. The zero-order chi connectivity index (χ0) is 14.3. The van der Waals surface area contributed by atoms with Gasteiger partial charge in [-0.1, -0.05) is 69.9 Å². The van der Waals surface area contributed by atoms with E-state index in [2.05, 4.69) is 12.2 Å². The van der Waals surface area contributed by atoms with Crippen molar-refractivity contribution in [3.8, 4) is 0 Å². The molecule has 0 saturated carbocycles. The van der Waals surface area contributed by atoms with Gasteiger partial charge in [0.25, 0.3) is 0 Å². The minimum atomic E-state index is -0.0347. The van der Waals surface area contributed by atoms with Gasteiger partial charge in [-0.15, -0.1) is 0 Å². The Balaban J connectivity index is 2.16. The first kappa shape index (κ1) is 17.3. The molecule has 0 aromatic carbocycles. The summed E-state index contributed by atoms with van der Waals surface area (Å²) in [4.78, 5) is 11.5. The molecule has 0 unspecified atom stereocenters. The van der Waals surface area contributed by atoms with Crippen molar-refractivity contribution >= 4 is 5.97 Å². The van der Waals surface area contributed by atoms with E-state index in [9.17, 15) is 4.79 Å². The van der Waals surface area contributed by atoms with Crippen LogP contribution in [0.4, 0.5) is 0 Å². The maximum Gasteiger partial charge on any atom is 0.306 e. The van der Waals surface area contributed by atoms with E-state index >= 15 is 0 Å². The Hall–Kier alpha value is -0.790. The van der Waals surface area contributed by atoms with Gasteiger partial charge in [0.05, 0.1) is 6.61 Å². The highest BCUT2D eigenvalue weighted by molar-refractivity contribution is 5.69. The van der Waals surface area contributed by atoms with E-state index in [1.807, 2.05) is 0 Å². The Morgan fingerprint density at radius 1 is 0.650 bits per heavy atom. The fourth-order valence-corrected chi connectivity index (χ4v) is 2.65. The van der Waals surface area contributed by atoms with Crippen LogP contribution in [-0.4, -0.2) is 12.6 Å². The summed E-state index contributed by atoms with van der Waals surface area (Å²) in [6, 6.07) is 0. The molecule has 0 spiro atoms. The average molecular weight is 280 g/mol. The monoisotopic (exact) mass is 280 g/mol. The van der Waals surface area contributed by atoms with E-state index in [-0.39, 0.29) is 5.97 Å². The van der Waals surface area contributed by atoms with E-state index in [0.29, 0.717) is 13.0 Å². The largest absolute Gasteiger partial charge is 0.466 e. The van der Waals surface area contributed by atoms with Gasteiger partial charge in [-0.05, 0) is 25.7 Å². The normalized spacial score (nSPS) is 22.3. The Bertz CT molecular complexity index is 258. The molecular weight excluding hydrogens is 248 g/mol. The van der Waals surface area contributed by atoms with Crippen LogP contribution in [0.15, 0.2) is 12.2 Å². The first-order valence-electron chi connectivity index (χ1n) is 8.70. The molecule has 0 aromatic heterocycles. The minimum Gasteiger partial charge on any atom is -0.466 e. The number of carbonyl (C=O) groups is 1. The molecule has 0 amide bonds. The van der Waals surface area contributed by atoms with Crippen molar-refractivity contribution in [2.75, 3.05) is 6.61 Å². The number of cyclic esters (lactones) is 1. The van der Waals surface area contributed by atoms with Crippen LogP contribution in [0.2, 0.25) is 0 Å². The fourth-order valence-electron chi connectivity index (χ4n) is 2.65. The Labute approximate surface area is 125 Å². The second-order valence-corrected chi connectivity index (χ2v) is 5.91. The third-order valence-electron chi connectivity index (χ3n) is 3.96. The van der Waals surface area contributed by atoms with Crippen molar-refractivity contribution < 1.29 is 9.53 Å². The third kappa shape index (κ3) is 11.1. The molecule has 1 heterocycles. The lowest BCUT2D eigenvalue weighted by Crippen LogP contribution is -2.05. The first-order valence-corrected chi connectivity index (χ1v) is 8.70. The highest BCUT2D eigenvalue weighted by atomic mass is 16.5. The quantitative estimate of drug-likeness (QED) is 0.429. The smallest absolute Gasteiger partial charge is 0.306 e. The third-order valence-corrected chi connectivity index (χ3v) is 3.96. The standard InChI is InChI=1S/C18H32O2/c19-18-16-14-12-10-8-6-4-2-1-3-5-7-9-11-13-15-17-20-18/h10,12H,1-9,11,13-17H2. The zero-order valence-corrected chi connectivity index (χ0v) is 13.1. The Kier molecular flexibility index (Phi) is 11.4. The van der Waals surface area contributed by atoms with Crippen molar-refractivity contribution in [2.45, 2.75) is 89.9 Å². The number of hydrogen-bond acceptors (Lipinski definition) is 2. The lowest BCUT2D eigenvalue weighted by molar-refractivity contribution is -0.143. The second-order valence-electron chi connectivity index (χ2n) is 5.91. The molecule has 116 valence electrons. The highest BCUT2D eigenvalue weighted by Crippen LogP contribution is 2.12. The summed E-state index contributed by atoms with van der Waals surface area (Å²) in [7, 11) is 0. The summed E-state index contributed by atoms with van der Waals surface area (Å²) < 4.78 is 5.23. The van der Waals surface area contributed by atoms with Crippen LogP contribution in [0.1, 0.15) is 89.9 Å². The van der Waals surface area contributed by atoms with E-state index in [4.69, 9.17) is 4.74 Å². The summed E-state index contributed by atoms with van der Waals surface area (Å²) in [6.45, 7) is 0.614. The molecule has 1 aliphatic heterocycles. The molecule has 1 aliphatic rings. The van der Waals surface area contributed by atoms with Crippen LogP contribution in [0.5, 0.6) is 0 Å². The molecule has 0 atom stereocenters. The minimum absolute atomic E-state index is 0.0347. The van der Waals surface area contributed by atoms with Crippen LogP contribution in [0, 0.1) is 0 Å². The number of carbonyl (C=O) groups excluding carboxylic acids is 1. The lowest BCUT2D eigenvalue weighted by atomic mass is 10.1. The van der Waals surface area contributed by atoms with Gasteiger partial charge >= 0.3 is 5.97 Å². The van der Waals surface area contributed by atoms with Gasteiger partial charge in [0.1, 0.15) is 0 Å². The molecule has 0 radical (unpaired) electrons. The number of esters is 1. The van der Waals surface area contributed by atoms with Crippen molar-refractivity contribution in [3.05, 3.63) is 12.2 Å². The summed E-state index contributed by atoms with van der Waals surface area (Å²) in [6.07, 6.45) is 21.4. The van der Waals surface area contributed by atoms with Gasteiger partial charge in [0.15, 0.2) is 0 Å². The van der Waals surface area contributed by atoms with Crippen LogP contribution >= 0.6 is 0 Å². The number of allylic oxidation sites excluding steroid dienone is 2. The molecule has 0 aliphatic carbocycles. The molecule has 0 saturated heterocycles. The molecule has 2 heteroatoms. The maximum atomic E-state index is 11.5. The Morgan fingerprint density at radius 3 is 1.80 bits per heavy atom. The van der Waals surface area contributed by atoms with Gasteiger partial charge in [0, 0.05) is 6.42 Å². The maximum absolute atomic E-state index is 11.5. The van der Waals surface area contributed by atoms with E-state index < -0.39 is 0 Å². The van der Waals surface area contributed by atoms with Crippen LogP contribution < -0.4 is 0 Å². The predicted molar refractivity (Wildman–Crippen MR) is 84.7 cm³/mol. The average Bonchev–Trinajstić information content (AvgIpc) is 2.45. The molecule has 0 N–H and O–H groups in total. The van der Waals surface area contributed by atoms with Crippen molar-refractivity contribution in [1.29, 1.82) is 0 Å². The van der Waals surface area contributed by atoms with Gasteiger partial charge in [0.2, 0.25) is 0 Å². The fraction of sp³-hybridized carbons (Fsp3) is 0.833. The molecule has 0 aromatic rings. The van der Waals surface area contributed by atoms with Crippen LogP contribution in [0.25, 0.3) is 0 Å². The van der Waals surface area contributed by atoms with E-state index in [1.165, 1.54) is 64.2 Å². The van der Waals surface area contributed by atoms with Crippen LogP contribution in [0.3, 0.4) is 0 Å². The Morgan fingerprint density at radius 2 is 1.15 bits per heavy atom. The van der Waals surface area contributed by atoms with Crippen molar-refractivity contribution in [2.24, 2.45) is 0 Å². The molecule has 2 nitrogen and oxygen atoms in total. The molecular formula is C18H32O2. The van der Waals surface area contributed by atoms with Crippen molar-refractivity contribution in [3.63, 3.8) is 0 Å². The van der Waals surface area contributed by atoms with E-state index in [1.54, 1.807) is 0 Å². The topological polar surface area (TPSA) is 26.3 Å². The molecule has 20 heavy (non-hydrogen) atoms. The van der Waals surface area contributed by atoms with Crippen molar-refractivity contribution in [1.82, 2.24) is 0 Å². The predicted octanol–water partition coefficient (Wildman–Crippen LogP) is 5.56. The van der Waals surface area contributed by atoms with Crippen LogP contribution in [-0.2, 0) is 9.53 Å². The molecule has 1 rings (SSSR count). The molecule has 0 bridgehead atoms. The highest BCUT2D eigenvalue weighted by Gasteiger charge is 2.01. The SMILES string of the molecule is O=C1CCC=CCCCCCCCCCCCCCO1. The summed E-state index contributed by atoms with van der Waals surface area (Å²) in [5.41, 5.74) is 0. The number of rotatable bonds is 0. The summed E-state index contributed by atoms with van der Waals surface area (Å²) >= 11 is 0. The van der Waals surface area contributed by atoms with E-state index in [0.717, 1.165) is 19.3 Å². The number of hydrogen-bond donors (Lipinski definition) is 0. The molecule has 0 fully saturated rings. The zero-order valence-electron chi connectivity index (χ0n) is 13.1. The number of ether oxygens (including phenoxy) is 1.